The number of primary amides is 1. The topological polar surface area (TPSA) is 68.5 Å². The van der Waals surface area contributed by atoms with Crippen molar-refractivity contribution < 1.29 is 22.7 Å². The van der Waals surface area contributed by atoms with E-state index in [1.54, 1.807) is 18.2 Å². The van der Waals surface area contributed by atoms with Crippen LogP contribution in [0.25, 0.3) is 0 Å². The Morgan fingerprint density at radius 1 is 1.18 bits per heavy atom. The summed E-state index contributed by atoms with van der Waals surface area (Å²) in [5.41, 5.74) is 4.01. The number of pyridine rings is 1. The molecule has 22 heavy (non-hydrogen) atoms. The Balaban J connectivity index is 1.93. The Bertz CT molecular complexity index is 701. The van der Waals surface area contributed by atoms with Crippen molar-refractivity contribution in [2.75, 3.05) is 0 Å². The predicted octanol–water partition coefficient (Wildman–Crippen LogP) is 2.55. The molecule has 3 rings (SSSR count). The predicted molar refractivity (Wildman–Crippen MR) is 70.4 cm³/mol. The van der Waals surface area contributed by atoms with Gasteiger partial charge in [-0.2, -0.15) is 13.2 Å². The first-order valence-electron chi connectivity index (χ1n) is 6.42. The van der Waals surface area contributed by atoms with Crippen molar-refractivity contribution in [1.29, 1.82) is 0 Å². The van der Waals surface area contributed by atoms with Crippen LogP contribution < -0.4 is 5.73 Å². The van der Waals surface area contributed by atoms with E-state index in [1.165, 1.54) is 18.3 Å². The Morgan fingerprint density at radius 3 is 2.36 bits per heavy atom. The number of ether oxygens (including phenoxy) is 1. The number of carbonyl (C=O) groups excluding carboxylic acids is 1. The van der Waals surface area contributed by atoms with Gasteiger partial charge in [-0.1, -0.05) is 18.2 Å². The first-order chi connectivity index (χ1) is 10.4. The molecule has 1 aliphatic rings. The van der Waals surface area contributed by atoms with Gasteiger partial charge in [-0.3, -0.25) is 9.78 Å². The summed E-state index contributed by atoms with van der Waals surface area (Å²) >= 11 is 0. The lowest BCUT2D eigenvalue weighted by Crippen LogP contribution is -2.31. The van der Waals surface area contributed by atoms with Gasteiger partial charge in [0, 0.05) is 6.20 Å². The minimum atomic E-state index is -4.41. The van der Waals surface area contributed by atoms with Crippen molar-refractivity contribution in [1.82, 2.24) is 4.98 Å². The number of nitrogens with two attached hydrogens (primary N) is 1. The van der Waals surface area contributed by atoms with E-state index >= 15 is 0 Å². The number of nitrogens with zero attached hydrogens (tertiary/aromatic N) is 1. The average molecular weight is 308 g/mol. The molecule has 1 aromatic carbocycles. The summed E-state index contributed by atoms with van der Waals surface area (Å²) in [7, 11) is 0. The maximum atomic E-state index is 12.6. The monoisotopic (exact) mass is 308 g/mol. The smallest absolute Gasteiger partial charge is 0.367 e. The van der Waals surface area contributed by atoms with Crippen LogP contribution in [0.3, 0.4) is 0 Å². The number of aromatic nitrogens is 1. The molecule has 1 aliphatic heterocycles. The molecule has 1 amide bonds. The molecule has 2 heterocycles. The molecule has 2 N–H and O–H groups in total. The summed E-state index contributed by atoms with van der Waals surface area (Å²) in [4.78, 5) is 15.8. The van der Waals surface area contributed by atoms with Crippen LogP contribution in [-0.2, 0) is 21.3 Å². The number of hydrogen-bond acceptors (Lipinski definition) is 3. The van der Waals surface area contributed by atoms with Gasteiger partial charge in [-0.25, -0.2) is 0 Å². The van der Waals surface area contributed by atoms with Crippen molar-refractivity contribution in [2.45, 2.75) is 17.9 Å². The molecular formula is C15H11F3N2O2. The molecule has 1 saturated heterocycles. The molecular weight excluding hydrogens is 297 g/mol. The third-order valence-electron chi connectivity index (χ3n) is 3.57. The number of alkyl halides is 3. The fourth-order valence-electron chi connectivity index (χ4n) is 2.39. The van der Waals surface area contributed by atoms with E-state index in [1.807, 2.05) is 0 Å². The van der Waals surface area contributed by atoms with Gasteiger partial charge < -0.3 is 10.5 Å². The molecule has 2 atom stereocenters. The standard InChI is InChI=1S/C15H11F3N2O2/c16-15(17,18)10-6-4-9(5-7-10)12-14(22-12,13(19)21)11-3-1-2-8-20-11/h1-8,12H,(H2,19,21)/t12-,14+/m1/s1. The number of hydrogen-bond donors (Lipinski definition) is 1. The molecule has 0 radical (unpaired) electrons. The molecule has 0 saturated carbocycles. The van der Waals surface area contributed by atoms with Gasteiger partial charge >= 0.3 is 6.18 Å². The van der Waals surface area contributed by atoms with E-state index in [2.05, 4.69) is 4.98 Å². The van der Waals surface area contributed by atoms with Crippen LogP contribution >= 0.6 is 0 Å². The minimum absolute atomic E-state index is 0.340. The molecule has 0 spiro atoms. The molecule has 1 fully saturated rings. The summed E-state index contributed by atoms with van der Waals surface area (Å²) in [6, 6.07) is 9.39. The SMILES string of the molecule is NC(=O)[C@@]1(c2ccccn2)O[C@@H]1c1ccc(C(F)(F)F)cc1. The molecule has 0 aliphatic carbocycles. The number of carbonyl (C=O) groups is 1. The van der Waals surface area contributed by atoms with Gasteiger partial charge in [-0.15, -0.1) is 0 Å². The second kappa shape index (κ2) is 4.81. The molecule has 0 bridgehead atoms. The van der Waals surface area contributed by atoms with Crippen molar-refractivity contribution in [2.24, 2.45) is 5.73 Å². The van der Waals surface area contributed by atoms with Crippen molar-refractivity contribution in [3.05, 3.63) is 65.5 Å². The lowest BCUT2D eigenvalue weighted by molar-refractivity contribution is -0.137. The Morgan fingerprint density at radius 2 is 1.86 bits per heavy atom. The first kappa shape index (κ1) is 14.5. The van der Waals surface area contributed by atoms with Crippen molar-refractivity contribution >= 4 is 5.91 Å². The number of benzene rings is 1. The van der Waals surface area contributed by atoms with Crippen LogP contribution in [0.4, 0.5) is 13.2 Å². The molecule has 1 aromatic heterocycles. The zero-order chi connectivity index (χ0) is 16.0. The van der Waals surface area contributed by atoms with Crippen LogP contribution in [0.1, 0.15) is 22.9 Å². The number of amides is 1. The maximum Gasteiger partial charge on any atom is 0.416 e. The highest BCUT2D eigenvalue weighted by Gasteiger charge is 2.64. The highest BCUT2D eigenvalue weighted by molar-refractivity contribution is 5.88. The van der Waals surface area contributed by atoms with Crippen LogP contribution in [0.2, 0.25) is 0 Å². The Labute approximate surface area is 123 Å². The normalized spacial score (nSPS) is 24.0. The second-order valence-electron chi connectivity index (χ2n) is 4.93. The van der Waals surface area contributed by atoms with Crippen LogP contribution in [0.15, 0.2) is 48.7 Å². The fraction of sp³-hybridized carbons (Fsp3) is 0.200. The van der Waals surface area contributed by atoms with Crippen molar-refractivity contribution in [3.63, 3.8) is 0 Å². The second-order valence-corrected chi connectivity index (χ2v) is 4.93. The summed E-state index contributed by atoms with van der Waals surface area (Å²) in [5, 5.41) is 0. The zero-order valence-electron chi connectivity index (χ0n) is 11.2. The average Bonchev–Trinajstić information content (AvgIpc) is 3.24. The van der Waals surface area contributed by atoms with Gasteiger partial charge in [0.15, 0.2) is 0 Å². The maximum absolute atomic E-state index is 12.6. The van der Waals surface area contributed by atoms with E-state index in [0.29, 0.717) is 11.3 Å². The van der Waals surface area contributed by atoms with Gasteiger partial charge in [0.1, 0.15) is 6.10 Å². The quantitative estimate of drug-likeness (QED) is 0.886. The van der Waals surface area contributed by atoms with E-state index in [-0.39, 0.29) is 0 Å². The summed E-state index contributed by atoms with van der Waals surface area (Å²) < 4.78 is 43.1. The molecule has 114 valence electrons. The fourth-order valence-corrected chi connectivity index (χ4v) is 2.39. The molecule has 2 aromatic rings. The Kier molecular flexibility index (Phi) is 3.17. The van der Waals surface area contributed by atoms with Gasteiger partial charge in [0.2, 0.25) is 5.60 Å². The first-order valence-corrected chi connectivity index (χ1v) is 6.42. The highest BCUT2D eigenvalue weighted by atomic mass is 19.4. The molecule has 7 heteroatoms. The number of rotatable bonds is 3. The largest absolute Gasteiger partial charge is 0.416 e. The lowest BCUT2D eigenvalue weighted by Gasteiger charge is -2.09. The van der Waals surface area contributed by atoms with E-state index < -0.39 is 29.4 Å². The summed E-state index contributed by atoms with van der Waals surface area (Å²) in [6.07, 6.45) is -3.65. The van der Waals surface area contributed by atoms with Gasteiger partial charge in [-0.05, 0) is 29.8 Å². The summed E-state index contributed by atoms with van der Waals surface area (Å²) in [5.74, 6) is -0.726. The third kappa shape index (κ3) is 2.23. The van der Waals surface area contributed by atoms with Gasteiger partial charge in [0.05, 0.1) is 11.3 Å². The van der Waals surface area contributed by atoms with Gasteiger partial charge in [0.25, 0.3) is 5.91 Å². The minimum Gasteiger partial charge on any atom is -0.367 e. The zero-order valence-corrected chi connectivity index (χ0v) is 11.2. The van der Waals surface area contributed by atoms with E-state index in [4.69, 9.17) is 10.5 Å². The lowest BCUT2D eigenvalue weighted by atomic mass is 9.94. The van der Waals surface area contributed by atoms with E-state index in [9.17, 15) is 18.0 Å². The Hall–Kier alpha value is -2.41. The van der Waals surface area contributed by atoms with Crippen LogP contribution in [0, 0.1) is 0 Å². The van der Waals surface area contributed by atoms with Crippen LogP contribution in [-0.4, -0.2) is 10.9 Å². The molecule has 4 nitrogen and oxygen atoms in total. The number of halogens is 3. The van der Waals surface area contributed by atoms with Crippen LogP contribution in [0.5, 0.6) is 0 Å². The summed E-state index contributed by atoms with van der Waals surface area (Å²) in [6.45, 7) is 0. The third-order valence-corrected chi connectivity index (χ3v) is 3.57. The highest BCUT2D eigenvalue weighted by Crippen LogP contribution is 2.56. The molecule has 0 unspecified atom stereocenters. The van der Waals surface area contributed by atoms with Crippen molar-refractivity contribution in [3.8, 4) is 0 Å². The van der Waals surface area contributed by atoms with E-state index in [0.717, 1.165) is 12.1 Å². The number of epoxide rings is 1.